The van der Waals surface area contributed by atoms with Crippen LogP contribution in [-0.4, -0.2) is 49.1 Å². The summed E-state index contributed by atoms with van der Waals surface area (Å²) in [4.78, 5) is 27.3. The topological polar surface area (TPSA) is 86.8 Å². The van der Waals surface area contributed by atoms with E-state index in [2.05, 4.69) is 5.32 Å². The summed E-state index contributed by atoms with van der Waals surface area (Å²) in [6.45, 7) is 3.20. The van der Waals surface area contributed by atoms with Gasteiger partial charge in [0.15, 0.2) is 0 Å². The number of hydrogen-bond acceptors (Lipinski definition) is 4. The van der Waals surface area contributed by atoms with Gasteiger partial charge in [0.2, 0.25) is 21.8 Å². The molecule has 3 aromatic carbocycles. The summed E-state index contributed by atoms with van der Waals surface area (Å²) in [7, 11) is -3.98. The third kappa shape index (κ3) is 6.97. The van der Waals surface area contributed by atoms with E-state index in [0.717, 1.165) is 46.9 Å². The van der Waals surface area contributed by atoms with Gasteiger partial charge in [-0.15, -0.1) is 0 Å². The molecule has 1 aliphatic rings. The third-order valence-corrected chi connectivity index (χ3v) is 8.49. The van der Waals surface area contributed by atoms with Crippen molar-refractivity contribution in [2.75, 3.05) is 25.0 Å². The lowest BCUT2D eigenvalue weighted by molar-refractivity contribution is -0.129. The van der Waals surface area contributed by atoms with Crippen LogP contribution < -0.4 is 5.32 Å². The predicted molar refractivity (Wildman–Crippen MR) is 145 cm³/mol. The summed E-state index contributed by atoms with van der Waals surface area (Å²) in [5.74, 6) is -0.361. The molecule has 0 saturated carbocycles. The number of rotatable bonds is 9. The van der Waals surface area contributed by atoms with Crippen molar-refractivity contribution in [3.8, 4) is 0 Å². The number of nitrogens with one attached hydrogen (secondary N) is 1. The molecule has 3 aromatic rings. The number of carbonyl (C=O) groups is 2. The van der Waals surface area contributed by atoms with Crippen LogP contribution in [0.15, 0.2) is 77.7 Å². The fourth-order valence-corrected chi connectivity index (χ4v) is 5.78. The highest BCUT2D eigenvalue weighted by molar-refractivity contribution is 7.89. The number of anilines is 1. The van der Waals surface area contributed by atoms with E-state index in [9.17, 15) is 18.0 Å². The normalized spacial score (nSPS) is 13.6. The summed E-state index contributed by atoms with van der Waals surface area (Å²) in [5.41, 5.74) is 3.13. The van der Waals surface area contributed by atoms with Crippen LogP contribution in [0, 0.1) is 6.92 Å². The van der Waals surface area contributed by atoms with E-state index in [-0.39, 0.29) is 23.9 Å². The fourth-order valence-electron chi connectivity index (χ4n) is 4.28. The van der Waals surface area contributed by atoms with Gasteiger partial charge in [-0.2, -0.15) is 4.31 Å². The maximum absolute atomic E-state index is 13.5. The number of halogens is 1. The molecular weight excluding hydrogens is 510 g/mol. The molecule has 0 unspecified atom stereocenters. The molecule has 0 spiro atoms. The van der Waals surface area contributed by atoms with E-state index < -0.39 is 15.9 Å². The number of carbonyl (C=O) groups excluding carboxylic acids is 2. The standard InChI is InChI=1S/C28H30ClN3O4S/c1-21-6-2-3-7-23(21)19-32(37(35,36)26-14-10-24(29)11-15-26)20-27(33)30-25-12-8-22(9-13-25)18-28(34)31-16-4-5-17-31/h2-3,6-15H,4-5,16-20H2,1H3,(H,30,33). The Labute approximate surface area is 223 Å². The van der Waals surface area contributed by atoms with Crippen molar-refractivity contribution in [2.45, 2.75) is 37.6 Å². The highest BCUT2D eigenvalue weighted by Gasteiger charge is 2.27. The highest BCUT2D eigenvalue weighted by Crippen LogP contribution is 2.22. The number of aryl methyl sites for hydroxylation is 1. The maximum atomic E-state index is 13.5. The molecule has 1 aliphatic heterocycles. The Morgan fingerprint density at radius 1 is 0.946 bits per heavy atom. The van der Waals surface area contributed by atoms with Gasteiger partial charge in [0.05, 0.1) is 17.9 Å². The van der Waals surface area contributed by atoms with Crippen LogP contribution in [0.25, 0.3) is 0 Å². The molecule has 1 heterocycles. The maximum Gasteiger partial charge on any atom is 0.243 e. The average molecular weight is 540 g/mol. The second-order valence-corrected chi connectivity index (χ2v) is 11.5. The zero-order valence-corrected chi connectivity index (χ0v) is 22.3. The van der Waals surface area contributed by atoms with Crippen molar-refractivity contribution in [3.05, 3.63) is 94.5 Å². The van der Waals surface area contributed by atoms with Crippen molar-refractivity contribution >= 4 is 39.1 Å². The quantitative estimate of drug-likeness (QED) is 0.429. The van der Waals surface area contributed by atoms with Crippen molar-refractivity contribution in [3.63, 3.8) is 0 Å². The van der Waals surface area contributed by atoms with Crippen LogP contribution in [0.2, 0.25) is 5.02 Å². The Hall–Kier alpha value is -3.20. The van der Waals surface area contributed by atoms with Gasteiger partial charge in [-0.1, -0.05) is 48.0 Å². The molecular formula is C28H30ClN3O4S. The number of amides is 2. The van der Waals surface area contributed by atoms with Gasteiger partial charge < -0.3 is 10.2 Å². The van der Waals surface area contributed by atoms with Gasteiger partial charge in [0, 0.05) is 30.3 Å². The molecule has 7 nitrogen and oxygen atoms in total. The Balaban J connectivity index is 1.47. The average Bonchev–Trinajstić information content (AvgIpc) is 3.42. The Bertz CT molecular complexity index is 1350. The predicted octanol–water partition coefficient (Wildman–Crippen LogP) is 4.64. The van der Waals surface area contributed by atoms with Gasteiger partial charge in [0.25, 0.3) is 0 Å². The molecule has 2 amide bonds. The summed E-state index contributed by atoms with van der Waals surface area (Å²) in [6, 6.07) is 20.4. The minimum atomic E-state index is -3.98. The Morgan fingerprint density at radius 2 is 1.59 bits per heavy atom. The number of nitrogens with zero attached hydrogens (tertiary/aromatic N) is 2. The third-order valence-electron chi connectivity index (χ3n) is 6.43. The van der Waals surface area contributed by atoms with Gasteiger partial charge in [-0.3, -0.25) is 9.59 Å². The van der Waals surface area contributed by atoms with Crippen molar-refractivity contribution < 1.29 is 18.0 Å². The first kappa shape index (κ1) is 26.9. The molecule has 194 valence electrons. The molecule has 0 bridgehead atoms. The van der Waals surface area contributed by atoms with Crippen molar-refractivity contribution in [1.29, 1.82) is 0 Å². The molecule has 0 atom stereocenters. The van der Waals surface area contributed by atoms with Crippen LogP contribution in [0.5, 0.6) is 0 Å². The minimum absolute atomic E-state index is 0.0442. The van der Waals surface area contributed by atoms with Crippen LogP contribution in [0.1, 0.15) is 29.5 Å². The first-order valence-electron chi connectivity index (χ1n) is 12.2. The number of likely N-dealkylation sites (tertiary alicyclic amines) is 1. The molecule has 4 rings (SSSR count). The second-order valence-electron chi connectivity index (χ2n) is 9.16. The lowest BCUT2D eigenvalue weighted by Gasteiger charge is -2.23. The zero-order valence-electron chi connectivity index (χ0n) is 20.7. The lowest BCUT2D eigenvalue weighted by Crippen LogP contribution is -2.37. The summed E-state index contributed by atoms with van der Waals surface area (Å²) < 4.78 is 28.1. The van der Waals surface area contributed by atoms with E-state index in [1.54, 1.807) is 24.3 Å². The monoisotopic (exact) mass is 539 g/mol. The first-order valence-corrected chi connectivity index (χ1v) is 14.0. The van der Waals surface area contributed by atoms with E-state index in [1.165, 1.54) is 24.3 Å². The van der Waals surface area contributed by atoms with Gasteiger partial charge in [0.1, 0.15) is 0 Å². The van der Waals surface area contributed by atoms with Crippen LogP contribution in [0.4, 0.5) is 5.69 Å². The summed E-state index contributed by atoms with van der Waals surface area (Å²) in [6.07, 6.45) is 2.41. The summed E-state index contributed by atoms with van der Waals surface area (Å²) in [5, 5.41) is 3.20. The number of hydrogen-bond donors (Lipinski definition) is 1. The molecule has 9 heteroatoms. The molecule has 1 fully saturated rings. The Morgan fingerprint density at radius 3 is 2.24 bits per heavy atom. The summed E-state index contributed by atoms with van der Waals surface area (Å²) >= 11 is 5.94. The van der Waals surface area contributed by atoms with Gasteiger partial charge >= 0.3 is 0 Å². The number of sulfonamides is 1. The van der Waals surface area contributed by atoms with Crippen LogP contribution in [0.3, 0.4) is 0 Å². The lowest BCUT2D eigenvalue weighted by atomic mass is 10.1. The van der Waals surface area contributed by atoms with Gasteiger partial charge in [-0.25, -0.2) is 8.42 Å². The molecule has 1 saturated heterocycles. The second kappa shape index (κ2) is 11.9. The smallest absolute Gasteiger partial charge is 0.243 e. The van der Waals surface area contributed by atoms with Crippen molar-refractivity contribution in [1.82, 2.24) is 9.21 Å². The van der Waals surface area contributed by atoms with Gasteiger partial charge in [-0.05, 0) is 72.9 Å². The van der Waals surface area contributed by atoms with Crippen molar-refractivity contribution in [2.24, 2.45) is 0 Å². The zero-order chi connectivity index (χ0) is 26.4. The van der Waals surface area contributed by atoms with Crippen LogP contribution in [-0.2, 0) is 32.6 Å². The molecule has 1 N–H and O–H groups in total. The van der Waals surface area contributed by atoms with E-state index in [1.807, 2.05) is 36.1 Å². The first-order chi connectivity index (χ1) is 17.7. The van der Waals surface area contributed by atoms with E-state index in [4.69, 9.17) is 11.6 Å². The largest absolute Gasteiger partial charge is 0.342 e. The highest BCUT2D eigenvalue weighted by atomic mass is 35.5. The molecule has 0 aliphatic carbocycles. The number of benzene rings is 3. The van der Waals surface area contributed by atoms with E-state index in [0.29, 0.717) is 17.1 Å². The molecule has 0 aromatic heterocycles. The molecule has 0 radical (unpaired) electrons. The van der Waals surface area contributed by atoms with E-state index >= 15 is 0 Å². The minimum Gasteiger partial charge on any atom is -0.342 e. The van der Waals surface area contributed by atoms with Crippen LogP contribution >= 0.6 is 11.6 Å². The molecule has 37 heavy (non-hydrogen) atoms. The Kier molecular flexibility index (Phi) is 8.63. The SMILES string of the molecule is Cc1ccccc1CN(CC(=O)Nc1ccc(CC(=O)N2CCCC2)cc1)S(=O)(=O)c1ccc(Cl)cc1. The fraction of sp³-hybridized carbons (Fsp3) is 0.286.